The summed E-state index contributed by atoms with van der Waals surface area (Å²) in [5.41, 5.74) is 2.88. The highest BCUT2D eigenvalue weighted by atomic mass is 79.9. The Hall–Kier alpha value is 0.320. The Balaban J connectivity index is 2.62. The highest BCUT2D eigenvalue weighted by Crippen LogP contribution is 2.29. The van der Waals surface area contributed by atoms with E-state index in [4.69, 9.17) is 4.74 Å². The molecule has 1 aliphatic heterocycles. The third-order valence-electron chi connectivity index (χ3n) is 3.09. The molecule has 0 bridgehead atoms. The van der Waals surface area contributed by atoms with Crippen LogP contribution in [-0.2, 0) is 4.74 Å². The summed E-state index contributed by atoms with van der Waals surface area (Å²) >= 11 is 9.96. The summed E-state index contributed by atoms with van der Waals surface area (Å²) in [6.07, 6.45) is 6.50. The van der Waals surface area contributed by atoms with Crippen LogP contribution in [0.25, 0.3) is 0 Å². The predicted octanol–water partition coefficient (Wildman–Crippen LogP) is 3.94. The van der Waals surface area contributed by atoms with Crippen molar-refractivity contribution in [3.8, 4) is 0 Å². The minimum Gasteiger partial charge on any atom is -0.390 e. The van der Waals surface area contributed by atoms with Crippen LogP contribution in [0.2, 0.25) is 0 Å². The summed E-state index contributed by atoms with van der Waals surface area (Å²) in [4.78, 5) is 1.24. The van der Waals surface area contributed by atoms with Gasteiger partial charge in [0.2, 0.25) is 0 Å². The lowest BCUT2D eigenvalue weighted by molar-refractivity contribution is 0.00627. The summed E-state index contributed by atoms with van der Waals surface area (Å²) in [7, 11) is 0. The topological polar surface area (TPSA) is 49.7 Å². The van der Waals surface area contributed by atoms with Crippen molar-refractivity contribution in [3.63, 3.8) is 0 Å². The number of ether oxygens (including phenoxy) is 1. The van der Waals surface area contributed by atoms with Crippen LogP contribution in [0.4, 0.5) is 0 Å². The van der Waals surface area contributed by atoms with Gasteiger partial charge in [0.15, 0.2) is 0 Å². The molecule has 1 aliphatic rings. The normalized spacial score (nSPS) is 29.2. The number of hydrogen-bond acceptors (Lipinski definition) is 3. The number of hydrogen-bond donors (Lipinski definition) is 2. The van der Waals surface area contributed by atoms with Crippen molar-refractivity contribution >= 4 is 47.8 Å². The molecule has 3 nitrogen and oxygen atoms in total. The molecule has 0 unspecified atom stereocenters. The second-order valence-corrected chi connectivity index (χ2v) is 7.21. The monoisotopic (exact) mass is 484 g/mol. The molecule has 0 saturated carbocycles. The highest BCUT2D eigenvalue weighted by molar-refractivity contribution is 9.11. The molecule has 6 heteroatoms. The average Bonchev–Trinajstić information content (AvgIpc) is 2.84. The van der Waals surface area contributed by atoms with Gasteiger partial charge in [-0.2, -0.15) is 0 Å². The van der Waals surface area contributed by atoms with Gasteiger partial charge in [-0.15, -0.1) is 5.73 Å². The van der Waals surface area contributed by atoms with Crippen LogP contribution in [0.15, 0.2) is 39.5 Å². The van der Waals surface area contributed by atoms with Crippen LogP contribution in [0, 0.1) is 0 Å². The molecule has 0 aromatic carbocycles. The average molecular weight is 487 g/mol. The first-order chi connectivity index (χ1) is 9.99. The summed E-state index contributed by atoms with van der Waals surface area (Å²) in [5, 5.41) is 20.2. The lowest BCUT2D eigenvalue weighted by atomic mass is 10.0. The maximum absolute atomic E-state index is 10.1. The van der Waals surface area contributed by atoms with Crippen molar-refractivity contribution < 1.29 is 14.9 Å². The van der Waals surface area contributed by atoms with Gasteiger partial charge in [-0.25, -0.2) is 0 Å². The van der Waals surface area contributed by atoms with Crippen molar-refractivity contribution in [1.82, 2.24) is 0 Å². The quantitative estimate of drug-likeness (QED) is 0.340. The van der Waals surface area contributed by atoms with Crippen molar-refractivity contribution in [2.75, 3.05) is 0 Å². The SMILES string of the molecule is CC/C(Br)=C\C=C\[C@H](O)[C@H](Br)[C@@H]1O[C@@H](C=C=CBr)C[C@@H]1O. The van der Waals surface area contributed by atoms with Crippen molar-refractivity contribution in [3.05, 3.63) is 39.5 Å². The fourth-order valence-corrected chi connectivity index (χ4v) is 2.91. The number of alkyl halides is 1. The highest BCUT2D eigenvalue weighted by Gasteiger charge is 2.39. The minimum absolute atomic E-state index is 0.191. The van der Waals surface area contributed by atoms with Crippen molar-refractivity contribution in [2.24, 2.45) is 0 Å². The molecule has 0 amide bonds. The van der Waals surface area contributed by atoms with E-state index in [0.717, 1.165) is 10.9 Å². The number of aliphatic hydroxyl groups is 2. The van der Waals surface area contributed by atoms with E-state index < -0.39 is 18.3 Å². The second-order valence-electron chi connectivity index (χ2n) is 4.67. The third kappa shape index (κ3) is 6.53. The van der Waals surface area contributed by atoms with Gasteiger partial charge in [-0.1, -0.05) is 72.9 Å². The van der Waals surface area contributed by atoms with Crippen LogP contribution >= 0.6 is 47.8 Å². The maximum atomic E-state index is 10.1. The zero-order chi connectivity index (χ0) is 15.8. The summed E-state index contributed by atoms with van der Waals surface area (Å²) < 4.78 is 6.79. The zero-order valence-corrected chi connectivity index (χ0v) is 16.4. The van der Waals surface area contributed by atoms with Gasteiger partial charge >= 0.3 is 0 Å². The Labute approximate surface area is 150 Å². The van der Waals surface area contributed by atoms with Gasteiger partial charge in [-0.3, -0.25) is 0 Å². The number of halogens is 3. The summed E-state index contributed by atoms with van der Waals surface area (Å²) in [6.45, 7) is 2.04. The van der Waals surface area contributed by atoms with E-state index in [9.17, 15) is 10.2 Å². The number of allylic oxidation sites excluding steroid dienone is 3. The molecule has 0 aromatic heterocycles. The van der Waals surface area contributed by atoms with E-state index >= 15 is 0 Å². The summed E-state index contributed by atoms with van der Waals surface area (Å²) in [6, 6.07) is 0. The van der Waals surface area contributed by atoms with Gasteiger partial charge in [0.25, 0.3) is 0 Å². The van der Waals surface area contributed by atoms with E-state index in [0.29, 0.717) is 6.42 Å². The lowest BCUT2D eigenvalue weighted by Crippen LogP contribution is -2.37. The Morgan fingerprint density at radius 1 is 1.52 bits per heavy atom. The van der Waals surface area contributed by atoms with Crippen LogP contribution in [0.5, 0.6) is 0 Å². The van der Waals surface area contributed by atoms with E-state index in [-0.39, 0.29) is 10.9 Å². The largest absolute Gasteiger partial charge is 0.390 e. The third-order valence-corrected chi connectivity index (χ3v) is 5.25. The lowest BCUT2D eigenvalue weighted by Gasteiger charge is -2.23. The minimum atomic E-state index is -0.743. The van der Waals surface area contributed by atoms with Gasteiger partial charge < -0.3 is 14.9 Å². The van der Waals surface area contributed by atoms with E-state index in [2.05, 4.69) is 53.5 Å². The molecule has 0 radical (unpaired) electrons. The van der Waals surface area contributed by atoms with Crippen LogP contribution < -0.4 is 0 Å². The molecular weight excluding hydrogens is 468 g/mol. The molecule has 0 spiro atoms. The number of rotatable bonds is 6. The van der Waals surface area contributed by atoms with Gasteiger partial charge in [-0.05, 0) is 17.0 Å². The summed E-state index contributed by atoms with van der Waals surface area (Å²) in [5.74, 6) is 0. The first-order valence-corrected chi connectivity index (χ1v) is 9.31. The van der Waals surface area contributed by atoms with E-state index in [1.54, 1.807) is 23.2 Å². The molecule has 5 atom stereocenters. The molecule has 1 heterocycles. The molecule has 0 aromatic rings. The van der Waals surface area contributed by atoms with E-state index in [1.807, 2.05) is 13.0 Å². The molecular formula is C15H19Br3O3. The molecule has 1 fully saturated rings. The van der Waals surface area contributed by atoms with Gasteiger partial charge in [0.05, 0.1) is 29.2 Å². The van der Waals surface area contributed by atoms with Crippen molar-refractivity contribution in [1.29, 1.82) is 0 Å². The Morgan fingerprint density at radius 2 is 2.24 bits per heavy atom. The fourth-order valence-electron chi connectivity index (χ4n) is 1.95. The molecule has 1 rings (SSSR count). The molecule has 2 N–H and O–H groups in total. The zero-order valence-electron chi connectivity index (χ0n) is 11.6. The fraction of sp³-hybridized carbons (Fsp3) is 0.533. The first-order valence-electron chi connectivity index (χ1n) is 6.69. The van der Waals surface area contributed by atoms with E-state index in [1.165, 1.54) is 0 Å². The Bertz CT molecular complexity index is 441. The molecule has 118 valence electrons. The molecule has 1 saturated heterocycles. The van der Waals surface area contributed by atoms with Crippen LogP contribution in [0.1, 0.15) is 19.8 Å². The van der Waals surface area contributed by atoms with Gasteiger partial charge in [0.1, 0.15) is 0 Å². The molecule has 21 heavy (non-hydrogen) atoms. The standard InChI is InChI=1S/C15H19Br3O3/c1-2-10(17)5-3-7-12(19)14(18)15-13(20)9-11(21-15)6-4-8-16/h3,5-8,11-15,19-20H,2,9H2,1H3/b7-3+,10-5+/t4?,11-,12-,13-,14-,15+/m0/s1. The Kier molecular flexibility index (Phi) is 9.37. The van der Waals surface area contributed by atoms with Crippen molar-refractivity contribution in [2.45, 2.75) is 49.0 Å². The second kappa shape index (κ2) is 10.2. The first kappa shape index (κ1) is 19.4. The predicted molar refractivity (Wildman–Crippen MR) is 96.0 cm³/mol. The smallest absolute Gasteiger partial charge is 0.0996 e. The Morgan fingerprint density at radius 3 is 2.86 bits per heavy atom. The van der Waals surface area contributed by atoms with Crippen LogP contribution in [-0.4, -0.2) is 39.5 Å². The maximum Gasteiger partial charge on any atom is 0.0996 e. The molecule has 0 aliphatic carbocycles. The van der Waals surface area contributed by atoms with Gasteiger partial charge in [0, 0.05) is 11.4 Å². The number of aliphatic hydroxyl groups excluding tert-OH is 2. The van der Waals surface area contributed by atoms with Crippen LogP contribution in [0.3, 0.4) is 0 Å².